The highest BCUT2D eigenvalue weighted by molar-refractivity contribution is 6.30. The topological polar surface area (TPSA) is 32.5 Å². The van der Waals surface area contributed by atoms with Gasteiger partial charge in [0.1, 0.15) is 0 Å². The Labute approximate surface area is 108 Å². The molecule has 1 heterocycles. The summed E-state index contributed by atoms with van der Waals surface area (Å²) in [5.41, 5.74) is 6.80. The van der Waals surface area contributed by atoms with Crippen molar-refractivity contribution < 1.29 is 0 Å². The molecule has 17 heavy (non-hydrogen) atoms. The van der Waals surface area contributed by atoms with E-state index in [0.717, 1.165) is 50.7 Å². The zero-order valence-electron chi connectivity index (χ0n) is 10.1. The first-order valence-electron chi connectivity index (χ1n) is 6.22. The molecule has 1 aliphatic heterocycles. The monoisotopic (exact) mass is 253 g/mol. The number of nitrogens with two attached hydrogens (primary N) is 1. The first-order chi connectivity index (χ1) is 8.29. The molecule has 0 atom stereocenters. The Kier molecular flexibility index (Phi) is 4.66. The summed E-state index contributed by atoms with van der Waals surface area (Å²) >= 11 is 5.89. The smallest absolute Gasteiger partial charge is 0.0407 e. The Bertz CT molecular complexity index is 331. The van der Waals surface area contributed by atoms with Crippen LogP contribution in [-0.2, 0) is 0 Å². The molecule has 0 radical (unpaired) electrons. The summed E-state index contributed by atoms with van der Waals surface area (Å²) in [4.78, 5) is 4.90. The molecule has 0 saturated carbocycles. The lowest BCUT2D eigenvalue weighted by atomic mass is 10.2. The van der Waals surface area contributed by atoms with Gasteiger partial charge >= 0.3 is 0 Å². The minimum atomic E-state index is 0.789. The quantitative estimate of drug-likeness (QED) is 0.889. The molecule has 0 bridgehead atoms. The molecule has 0 spiro atoms. The molecule has 1 aliphatic rings. The van der Waals surface area contributed by atoms with Crippen molar-refractivity contribution in [2.45, 2.75) is 6.42 Å². The predicted octanol–water partition coefficient (Wildman–Crippen LogP) is 1.81. The lowest BCUT2D eigenvalue weighted by Crippen LogP contribution is -2.46. The number of nitrogens with zero attached hydrogens (tertiary/aromatic N) is 2. The molecule has 1 aromatic rings. The van der Waals surface area contributed by atoms with Gasteiger partial charge in [-0.2, -0.15) is 0 Å². The summed E-state index contributed by atoms with van der Waals surface area (Å²) in [6.45, 7) is 6.35. The first kappa shape index (κ1) is 12.7. The van der Waals surface area contributed by atoms with E-state index in [1.165, 1.54) is 5.69 Å². The molecule has 2 N–H and O–H groups in total. The predicted molar refractivity (Wildman–Crippen MR) is 73.8 cm³/mol. The van der Waals surface area contributed by atoms with Gasteiger partial charge in [0.25, 0.3) is 0 Å². The van der Waals surface area contributed by atoms with Crippen LogP contribution in [0.1, 0.15) is 6.42 Å². The number of rotatable bonds is 4. The van der Waals surface area contributed by atoms with Crippen molar-refractivity contribution in [1.82, 2.24) is 4.90 Å². The van der Waals surface area contributed by atoms with Gasteiger partial charge in [0.05, 0.1) is 0 Å². The maximum atomic E-state index is 5.89. The van der Waals surface area contributed by atoms with Crippen LogP contribution in [-0.4, -0.2) is 44.2 Å². The summed E-state index contributed by atoms with van der Waals surface area (Å²) in [6.07, 6.45) is 1.10. The number of halogens is 1. The van der Waals surface area contributed by atoms with Crippen molar-refractivity contribution in [2.75, 3.05) is 44.2 Å². The van der Waals surface area contributed by atoms with E-state index in [-0.39, 0.29) is 0 Å². The van der Waals surface area contributed by atoms with Crippen molar-refractivity contribution in [3.63, 3.8) is 0 Å². The lowest BCUT2D eigenvalue weighted by Gasteiger charge is -2.36. The van der Waals surface area contributed by atoms with E-state index in [0.29, 0.717) is 0 Å². The van der Waals surface area contributed by atoms with E-state index in [9.17, 15) is 0 Å². The zero-order valence-corrected chi connectivity index (χ0v) is 10.9. The van der Waals surface area contributed by atoms with Crippen molar-refractivity contribution in [2.24, 2.45) is 5.73 Å². The molecule has 94 valence electrons. The van der Waals surface area contributed by atoms with Gasteiger partial charge in [-0.05, 0) is 43.8 Å². The van der Waals surface area contributed by atoms with E-state index in [2.05, 4.69) is 21.9 Å². The summed E-state index contributed by atoms with van der Waals surface area (Å²) in [7, 11) is 0. The van der Waals surface area contributed by atoms with Crippen LogP contribution >= 0.6 is 11.6 Å². The van der Waals surface area contributed by atoms with Gasteiger partial charge in [-0.15, -0.1) is 0 Å². The first-order valence-corrected chi connectivity index (χ1v) is 6.60. The van der Waals surface area contributed by atoms with Crippen LogP contribution in [0, 0.1) is 0 Å². The van der Waals surface area contributed by atoms with Crippen LogP contribution in [0.3, 0.4) is 0 Å². The van der Waals surface area contributed by atoms with Crippen molar-refractivity contribution in [3.8, 4) is 0 Å². The Morgan fingerprint density at radius 2 is 1.71 bits per heavy atom. The number of piperazine rings is 1. The van der Waals surface area contributed by atoms with E-state index in [4.69, 9.17) is 17.3 Å². The SMILES string of the molecule is NCCCN1CCN(c2ccc(Cl)cc2)CC1. The molecule has 0 unspecified atom stereocenters. The van der Waals surface area contributed by atoms with Crippen LogP contribution in [0.25, 0.3) is 0 Å². The van der Waals surface area contributed by atoms with Crippen molar-refractivity contribution in [1.29, 1.82) is 0 Å². The maximum Gasteiger partial charge on any atom is 0.0407 e. The van der Waals surface area contributed by atoms with E-state index in [1.54, 1.807) is 0 Å². The third-order valence-electron chi connectivity index (χ3n) is 3.24. The molecular formula is C13H20ClN3. The minimum Gasteiger partial charge on any atom is -0.369 e. The highest BCUT2D eigenvalue weighted by atomic mass is 35.5. The summed E-state index contributed by atoms with van der Waals surface area (Å²) in [6, 6.07) is 8.10. The standard InChI is InChI=1S/C13H20ClN3/c14-12-2-4-13(5-3-12)17-10-8-16(9-11-17)7-1-6-15/h2-5H,1,6-11,15H2. The average molecular weight is 254 g/mol. The van der Waals surface area contributed by atoms with Gasteiger partial charge in [-0.1, -0.05) is 11.6 Å². The van der Waals surface area contributed by atoms with Crippen LogP contribution in [0.15, 0.2) is 24.3 Å². The van der Waals surface area contributed by atoms with Crippen LogP contribution in [0.2, 0.25) is 5.02 Å². The fourth-order valence-electron chi connectivity index (χ4n) is 2.20. The maximum absolute atomic E-state index is 5.89. The zero-order chi connectivity index (χ0) is 12.1. The normalized spacial score (nSPS) is 17.4. The number of anilines is 1. The molecule has 1 saturated heterocycles. The largest absolute Gasteiger partial charge is 0.369 e. The Morgan fingerprint density at radius 3 is 2.29 bits per heavy atom. The van der Waals surface area contributed by atoms with Gasteiger partial charge in [0.15, 0.2) is 0 Å². The highest BCUT2D eigenvalue weighted by Gasteiger charge is 2.16. The Hall–Kier alpha value is -0.770. The lowest BCUT2D eigenvalue weighted by molar-refractivity contribution is 0.256. The third-order valence-corrected chi connectivity index (χ3v) is 3.49. The number of hydrogen-bond donors (Lipinski definition) is 1. The molecule has 4 heteroatoms. The highest BCUT2D eigenvalue weighted by Crippen LogP contribution is 2.19. The molecule has 1 fully saturated rings. The molecule has 2 rings (SSSR count). The summed E-state index contributed by atoms with van der Waals surface area (Å²) < 4.78 is 0. The number of benzene rings is 1. The second-order valence-electron chi connectivity index (χ2n) is 4.45. The van der Waals surface area contributed by atoms with Crippen LogP contribution in [0.5, 0.6) is 0 Å². The average Bonchev–Trinajstić information content (AvgIpc) is 2.38. The molecular weight excluding hydrogens is 234 g/mol. The second-order valence-corrected chi connectivity index (χ2v) is 4.88. The third kappa shape index (κ3) is 3.60. The molecule has 0 aromatic heterocycles. The van der Waals surface area contributed by atoms with Crippen LogP contribution < -0.4 is 10.6 Å². The molecule has 0 amide bonds. The summed E-state index contributed by atoms with van der Waals surface area (Å²) in [5, 5.41) is 0.801. The van der Waals surface area contributed by atoms with Gasteiger partial charge < -0.3 is 10.6 Å². The van der Waals surface area contributed by atoms with E-state index < -0.39 is 0 Å². The molecule has 0 aliphatic carbocycles. The van der Waals surface area contributed by atoms with E-state index in [1.807, 2.05) is 12.1 Å². The second kappa shape index (κ2) is 6.24. The fraction of sp³-hybridized carbons (Fsp3) is 0.538. The molecule has 1 aromatic carbocycles. The van der Waals surface area contributed by atoms with Gasteiger partial charge in [-0.25, -0.2) is 0 Å². The number of hydrogen-bond acceptors (Lipinski definition) is 3. The Morgan fingerprint density at radius 1 is 1.06 bits per heavy atom. The fourth-order valence-corrected chi connectivity index (χ4v) is 2.32. The van der Waals surface area contributed by atoms with Crippen molar-refractivity contribution >= 4 is 17.3 Å². The van der Waals surface area contributed by atoms with Gasteiger partial charge in [-0.3, -0.25) is 4.90 Å². The Balaban J connectivity index is 1.84. The van der Waals surface area contributed by atoms with Crippen LogP contribution in [0.4, 0.5) is 5.69 Å². The summed E-state index contributed by atoms with van der Waals surface area (Å²) in [5.74, 6) is 0. The van der Waals surface area contributed by atoms with Crippen molar-refractivity contribution in [3.05, 3.63) is 29.3 Å². The van der Waals surface area contributed by atoms with Gasteiger partial charge in [0, 0.05) is 36.9 Å². The molecule has 3 nitrogen and oxygen atoms in total. The van der Waals surface area contributed by atoms with E-state index >= 15 is 0 Å². The van der Waals surface area contributed by atoms with Gasteiger partial charge in [0.2, 0.25) is 0 Å². The minimum absolute atomic E-state index is 0.789.